The average Bonchev–Trinajstić information content (AvgIpc) is 2.87. The maximum atomic E-state index is 12.0. The second kappa shape index (κ2) is 7.25. The van der Waals surface area contributed by atoms with Crippen molar-refractivity contribution < 1.29 is 4.79 Å². The molecule has 19 heavy (non-hydrogen) atoms. The van der Waals surface area contributed by atoms with E-state index in [0.717, 1.165) is 26.2 Å². The molecule has 0 spiro atoms. The molecule has 2 N–H and O–H groups in total. The molecule has 4 nitrogen and oxygen atoms in total. The lowest BCUT2D eigenvalue weighted by molar-refractivity contribution is -0.122. The Morgan fingerprint density at radius 3 is 2.95 bits per heavy atom. The molecule has 3 unspecified atom stereocenters. The van der Waals surface area contributed by atoms with Crippen molar-refractivity contribution in [3.63, 3.8) is 0 Å². The summed E-state index contributed by atoms with van der Waals surface area (Å²) in [5.74, 6) is 1.50. The van der Waals surface area contributed by atoms with E-state index in [4.69, 9.17) is 0 Å². The van der Waals surface area contributed by atoms with E-state index < -0.39 is 0 Å². The highest BCUT2D eigenvalue weighted by Crippen LogP contribution is 2.18. The van der Waals surface area contributed by atoms with E-state index in [-0.39, 0.29) is 5.91 Å². The Balaban J connectivity index is 1.64. The van der Waals surface area contributed by atoms with Crippen molar-refractivity contribution in [3.05, 3.63) is 0 Å². The molecule has 1 amide bonds. The van der Waals surface area contributed by atoms with Crippen LogP contribution in [0.25, 0.3) is 0 Å². The molecular formula is C15H29N3O. The predicted molar refractivity (Wildman–Crippen MR) is 78.0 cm³/mol. The van der Waals surface area contributed by atoms with Crippen molar-refractivity contribution in [2.75, 3.05) is 32.7 Å². The number of rotatable bonds is 5. The molecule has 0 aliphatic carbocycles. The number of carbonyl (C=O) groups excluding carboxylic acids is 1. The quantitative estimate of drug-likeness (QED) is 0.787. The second-order valence-electron chi connectivity index (χ2n) is 6.24. The normalized spacial score (nSPS) is 32.4. The zero-order valence-electron chi connectivity index (χ0n) is 12.5. The zero-order chi connectivity index (χ0) is 13.7. The third kappa shape index (κ3) is 4.46. The minimum atomic E-state index is 0.223. The Morgan fingerprint density at radius 2 is 2.26 bits per heavy atom. The van der Waals surface area contributed by atoms with Crippen LogP contribution in [0.3, 0.4) is 0 Å². The van der Waals surface area contributed by atoms with Crippen molar-refractivity contribution in [1.82, 2.24) is 15.5 Å². The zero-order valence-corrected chi connectivity index (χ0v) is 12.5. The van der Waals surface area contributed by atoms with Crippen molar-refractivity contribution in [3.8, 4) is 0 Å². The number of hydrogen-bond acceptors (Lipinski definition) is 3. The summed E-state index contributed by atoms with van der Waals surface area (Å²) in [6.45, 7) is 9.85. The van der Waals surface area contributed by atoms with E-state index in [0.29, 0.717) is 24.3 Å². The van der Waals surface area contributed by atoms with E-state index >= 15 is 0 Å². The smallest absolute Gasteiger partial charge is 0.221 e. The molecule has 2 fully saturated rings. The van der Waals surface area contributed by atoms with E-state index in [9.17, 15) is 4.79 Å². The lowest BCUT2D eigenvalue weighted by atomic mass is 9.90. The molecule has 3 atom stereocenters. The van der Waals surface area contributed by atoms with Crippen molar-refractivity contribution in [1.29, 1.82) is 0 Å². The highest BCUT2D eigenvalue weighted by molar-refractivity contribution is 5.76. The molecule has 0 aromatic carbocycles. The van der Waals surface area contributed by atoms with Crippen molar-refractivity contribution in [2.45, 2.75) is 45.6 Å². The van der Waals surface area contributed by atoms with Crippen LogP contribution in [0.5, 0.6) is 0 Å². The SMILES string of the molecule is CCN1CCC(CNC(=O)CC2NCCCC2C)C1. The summed E-state index contributed by atoms with van der Waals surface area (Å²) in [6, 6.07) is 0.379. The summed E-state index contributed by atoms with van der Waals surface area (Å²) in [6.07, 6.45) is 4.37. The number of nitrogens with zero attached hydrogens (tertiary/aromatic N) is 1. The monoisotopic (exact) mass is 267 g/mol. The van der Waals surface area contributed by atoms with Crippen LogP contribution in [0.1, 0.15) is 39.5 Å². The predicted octanol–water partition coefficient (Wildman–Crippen LogP) is 1.22. The second-order valence-corrected chi connectivity index (χ2v) is 6.24. The Kier molecular flexibility index (Phi) is 5.64. The average molecular weight is 267 g/mol. The van der Waals surface area contributed by atoms with Gasteiger partial charge in [-0.1, -0.05) is 13.8 Å². The van der Waals surface area contributed by atoms with Crippen molar-refractivity contribution >= 4 is 5.91 Å². The summed E-state index contributed by atoms with van der Waals surface area (Å²) in [7, 11) is 0. The third-order valence-electron chi connectivity index (χ3n) is 4.74. The standard InChI is InChI=1S/C15H29N3O/c1-3-18-8-6-13(11-18)10-17-15(19)9-14-12(2)5-4-7-16-14/h12-14,16H,3-11H2,1-2H3,(H,17,19). The van der Waals surface area contributed by atoms with Gasteiger partial charge in [-0.25, -0.2) is 0 Å². The highest BCUT2D eigenvalue weighted by Gasteiger charge is 2.25. The van der Waals surface area contributed by atoms with Crippen LogP contribution in [-0.4, -0.2) is 49.6 Å². The van der Waals surface area contributed by atoms with E-state index in [1.807, 2.05) is 0 Å². The molecule has 2 aliphatic heterocycles. The van der Waals surface area contributed by atoms with Crippen LogP contribution in [0.2, 0.25) is 0 Å². The minimum Gasteiger partial charge on any atom is -0.356 e. The van der Waals surface area contributed by atoms with Gasteiger partial charge >= 0.3 is 0 Å². The van der Waals surface area contributed by atoms with E-state index in [1.54, 1.807) is 0 Å². The summed E-state index contributed by atoms with van der Waals surface area (Å²) >= 11 is 0. The van der Waals surface area contributed by atoms with Gasteiger partial charge in [-0.2, -0.15) is 0 Å². The summed E-state index contributed by atoms with van der Waals surface area (Å²) < 4.78 is 0. The largest absolute Gasteiger partial charge is 0.356 e. The summed E-state index contributed by atoms with van der Waals surface area (Å²) in [5, 5.41) is 6.61. The first-order chi connectivity index (χ1) is 9.19. The van der Waals surface area contributed by atoms with Gasteiger partial charge in [-0.05, 0) is 50.7 Å². The molecule has 0 aromatic heterocycles. The third-order valence-corrected chi connectivity index (χ3v) is 4.74. The summed E-state index contributed by atoms with van der Waals surface area (Å²) in [5.41, 5.74) is 0. The molecule has 2 aliphatic rings. The minimum absolute atomic E-state index is 0.223. The Hall–Kier alpha value is -0.610. The molecule has 4 heteroatoms. The first-order valence-corrected chi connectivity index (χ1v) is 7.91. The number of piperidine rings is 1. The van der Waals surface area contributed by atoms with Crippen LogP contribution in [0.4, 0.5) is 0 Å². The topological polar surface area (TPSA) is 44.4 Å². The van der Waals surface area contributed by atoms with Gasteiger partial charge in [0.25, 0.3) is 0 Å². The van der Waals surface area contributed by atoms with Crippen LogP contribution < -0.4 is 10.6 Å². The molecule has 0 aromatic rings. The maximum Gasteiger partial charge on any atom is 0.221 e. The van der Waals surface area contributed by atoms with Gasteiger partial charge in [-0.15, -0.1) is 0 Å². The van der Waals surface area contributed by atoms with Gasteiger partial charge in [0.05, 0.1) is 0 Å². The van der Waals surface area contributed by atoms with Gasteiger partial charge < -0.3 is 15.5 Å². The number of nitrogens with one attached hydrogen (secondary N) is 2. The van der Waals surface area contributed by atoms with Gasteiger partial charge in [0, 0.05) is 25.6 Å². The summed E-state index contributed by atoms with van der Waals surface area (Å²) in [4.78, 5) is 14.5. The van der Waals surface area contributed by atoms with Crippen LogP contribution >= 0.6 is 0 Å². The lowest BCUT2D eigenvalue weighted by Gasteiger charge is -2.29. The Bertz CT molecular complexity index is 295. The van der Waals surface area contributed by atoms with Crippen LogP contribution in [0.15, 0.2) is 0 Å². The maximum absolute atomic E-state index is 12.0. The van der Waals surface area contributed by atoms with Gasteiger partial charge in [-0.3, -0.25) is 4.79 Å². The van der Waals surface area contributed by atoms with Gasteiger partial charge in [0.1, 0.15) is 0 Å². The highest BCUT2D eigenvalue weighted by atomic mass is 16.1. The Morgan fingerprint density at radius 1 is 1.42 bits per heavy atom. The first kappa shape index (κ1) is 14.8. The van der Waals surface area contributed by atoms with Gasteiger partial charge in [0.15, 0.2) is 0 Å². The van der Waals surface area contributed by atoms with Crippen LogP contribution in [0, 0.1) is 11.8 Å². The molecule has 0 saturated carbocycles. The Labute approximate surface area is 117 Å². The molecule has 2 rings (SSSR count). The molecule has 2 heterocycles. The number of hydrogen-bond donors (Lipinski definition) is 2. The van der Waals surface area contributed by atoms with E-state index in [1.165, 1.54) is 25.8 Å². The van der Waals surface area contributed by atoms with E-state index in [2.05, 4.69) is 29.4 Å². The number of amides is 1. The first-order valence-electron chi connectivity index (χ1n) is 7.91. The fourth-order valence-electron chi connectivity index (χ4n) is 3.28. The molecule has 2 saturated heterocycles. The number of carbonyl (C=O) groups is 1. The fraction of sp³-hybridized carbons (Fsp3) is 0.933. The van der Waals surface area contributed by atoms with Gasteiger partial charge in [0.2, 0.25) is 5.91 Å². The fourth-order valence-corrected chi connectivity index (χ4v) is 3.28. The van der Waals surface area contributed by atoms with Crippen molar-refractivity contribution in [2.24, 2.45) is 11.8 Å². The number of likely N-dealkylation sites (tertiary alicyclic amines) is 1. The van der Waals surface area contributed by atoms with Crippen LogP contribution in [-0.2, 0) is 4.79 Å². The molecule has 110 valence electrons. The molecule has 0 bridgehead atoms. The molecule has 0 radical (unpaired) electrons. The molecular weight excluding hydrogens is 238 g/mol. The lowest BCUT2D eigenvalue weighted by Crippen LogP contribution is -2.44.